The van der Waals surface area contributed by atoms with Gasteiger partial charge in [-0.25, -0.2) is 4.98 Å². The molecule has 0 aliphatic carbocycles. The lowest BCUT2D eigenvalue weighted by Gasteiger charge is -2.15. The van der Waals surface area contributed by atoms with Crippen molar-refractivity contribution < 1.29 is 4.74 Å². The number of nitrogens with zero attached hydrogens (tertiary/aromatic N) is 2. The first-order valence-corrected chi connectivity index (χ1v) is 7.14. The van der Waals surface area contributed by atoms with Gasteiger partial charge in [0.25, 0.3) is 0 Å². The van der Waals surface area contributed by atoms with Crippen LogP contribution in [0.2, 0.25) is 0 Å². The van der Waals surface area contributed by atoms with Gasteiger partial charge in [0.15, 0.2) is 0 Å². The van der Waals surface area contributed by atoms with Crippen LogP contribution in [0.3, 0.4) is 0 Å². The molecule has 1 aromatic heterocycles. The van der Waals surface area contributed by atoms with Gasteiger partial charge < -0.3 is 14.6 Å². The van der Waals surface area contributed by atoms with Gasteiger partial charge in [0.05, 0.1) is 0 Å². The van der Waals surface area contributed by atoms with Gasteiger partial charge in [0.2, 0.25) is 5.95 Å². The fourth-order valence-corrected chi connectivity index (χ4v) is 1.95. The summed E-state index contributed by atoms with van der Waals surface area (Å²) in [5.41, 5.74) is 0. The quantitative estimate of drug-likeness (QED) is 0.651. The third-order valence-corrected chi connectivity index (χ3v) is 3.31. The Balaban J connectivity index is 2.34. The maximum Gasteiger partial charge on any atom is 0.202 e. The van der Waals surface area contributed by atoms with Crippen LogP contribution < -0.4 is 5.32 Å². The van der Waals surface area contributed by atoms with Gasteiger partial charge in [-0.2, -0.15) is 0 Å². The molecule has 0 fully saturated rings. The molecule has 4 nitrogen and oxygen atoms in total. The number of aryl methyl sites for hydroxylation is 1. The van der Waals surface area contributed by atoms with Crippen molar-refractivity contribution in [3.63, 3.8) is 0 Å². The van der Waals surface area contributed by atoms with E-state index in [0.717, 1.165) is 44.6 Å². The van der Waals surface area contributed by atoms with Crippen molar-refractivity contribution in [2.45, 2.75) is 46.6 Å². The molecule has 0 saturated carbocycles. The summed E-state index contributed by atoms with van der Waals surface area (Å²) in [7, 11) is 0. The predicted octanol–water partition coefficient (Wildman–Crippen LogP) is 3.16. The fraction of sp³-hybridized carbons (Fsp3) is 0.786. The number of hydrogen-bond donors (Lipinski definition) is 1. The number of imidazole rings is 1. The number of anilines is 1. The second-order valence-electron chi connectivity index (χ2n) is 4.56. The van der Waals surface area contributed by atoms with Crippen LogP contribution in [0.4, 0.5) is 5.95 Å². The molecule has 0 aromatic carbocycles. The minimum Gasteiger partial charge on any atom is -0.382 e. The molecule has 0 aliphatic rings. The summed E-state index contributed by atoms with van der Waals surface area (Å²) in [6, 6.07) is 0. The minimum absolute atomic E-state index is 0.735. The van der Waals surface area contributed by atoms with Crippen molar-refractivity contribution in [3.05, 3.63) is 12.4 Å². The van der Waals surface area contributed by atoms with Crippen molar-refractivity contribution >= 4 is 5.95 Å². The summed E-state index contributed by atoms with van der Waals surface area (Å²) in [5, 5.41) is 3.45. The summed E-state index contributed by atoms with van der Waals surface area (Å²) in [5.74, 6) is 1.72. The Bertz CT molecular complexity index is 308. The highest BCUT2D eigenvalue weighted by atomic mass is 16.5. The normalized spacial score (nSPS) is 11.1. The van der Waals surface area contributed by atoms with Gasteiger partial charge in [0.1, 0.15) is 0 Å². The van der Waals surface area contributed by atoms with E-state index in [-0.39, 0.29) is 0 Å². The molecule has 0 atom stereocenters. The maximum absolute atomic E-state index is 5.35. The molecular weight excluding hydrogens is 226 g/mol. The average molecular weight is 253 g/mol. The maximum atomic E-state index is 5.35. The molecule has 1 N–H and O–H groups in total. The van der Waals surface area contributed by atoms with Gasteiger partial charge in [-0.3, -0.25) is 0 Å². The topological polar surface area (TPSA) is 39.1 Å². The first kappa shape index (κ1) is 15.0. The van der Waals surface area contributed by atoms with Crippen molar-refractivity contribution in [3.8, 4) is 0 Å². The Hall–Kier alpha value is -1.03. The Morgan fingerprint density at radius 2 is 2.11 bits per heavy atom. The van der Waals surface area contributed by atoms with Crippen LogP contribution in [0.1, 0.15) is 40.0 Å². The van der Waals surface area contributed by atoms with Crippen molar-refractivity contribution in [1.29, 1.82) is 0 Å². The lowest BCUT2D eigenvalue weighted by molar-refractivity contribution is 0.142. The molecule has 1 rings (SSSR count). The Kier molecular flexibility index (Phi) is 7.49. The predicted molar refractivity (Wildman–Crippen MR) is 75.9 cm³/mol. The highest BCUT2D eigenvalue weighted by molar-refractivity contribution is 5.25. The van der Waals surface area contributed by atoms with E-state index in [1.54, 1.807) is 0 Å². The second-order valence-corrected chi connectivity index (χ2v) is 4.56. The standard InChI is InChI=1S/C14H27N3O/c1-4-13(5-2)12-16-14-15-8-10-17(14)9-7-11-18-6-3/h8,10,13H,4-7,9,11-12H2,1-3H3,(H,15,16). The van der Waals surface area contributed by atoms with E-state index in [9.17, 15) is 0 Å². The highest BCUT2D eigenvalue weighted by Gasteiger charge is 2.06. The van der Waals surface area contributed by atoms with E-state index >= 15 is 0 Å². The largest absolute Gasteiger partial charge is 0.382 e. The summed E-state index contributed by atoms with van der Waals surface area (Å²) < 4.78 is 7.52. The fourth-order valence-electron chi connectivity index (χ4n) is 1.95. The van der Waals surface area contributed by atoms with Gasteiger partial charge in [0, 0.05) is 38.7 Å². The van der Waals surface area contributed by atoms with Crippen LogP contribution in [0.5, 0.6) is 0 Å². The van der Waals surface area contributed by atoms with Crippen LogP contribution in [-0.2, 0) is 11.3 Å². The minimum atomic E-state index is 0.735. The first-order valence-electron chi connectivity index (χ1n) is 7.14. The SMILES string of the molecule is CCOCCCn1ccnc1NCC(CC)CC. The van der Waals surface area contributed by atoms with Crippen LogP contribution in [0.25, 0.3) is 0 Å². The zero-order valence-corrected chi connectivity index (χ0v) is 12.0. The molecule has 18 heavy (non-hydrogen) atoms. The van der Waals surface area contributed by atoms with Crippen LogP contribution in [0.15, 0.2) is 12.4 Å². The van der Waals surface area contributed by atoms with Gasteiger partial charge in [-0.1, -0.05) is 26.7 Å². The first-order chi connectivity index (χ1) is 8.81. The molecule has 1 aromatic rings. The number of nitrogens with one attached hydrogen (secondary N) is 1. The lowest BCUT2D eigenvalue weighted by atomic mass is 10.0. The molecule has 0 radical (unpaired) electrons. The van der Waals surface area contributed by atoms with E-state index in [4.69, 9.17) is 4.74 Å². The Labute approximate surface area is 111 Å². The molecule has 104 valence electrons. The molecule has 0 saturated heterocycles. The third kappa shape index (κ3) is 5.08. The Morgan fingerprint density at radius 1 is 1.33 bits per heavy atom. The second kappa shape index (κ2) is 8.97. The summed E-state index contributed by atoms with van der Waals surface area (Å²) in [6.07, 6.45) is 7.35. The number of rotatable bonds is 10. The number of hydrogen-bond acceptors (Lipinski definition) is 3. The lowest BCUT2D eigenvalue weighted by Crippen LogP contribution is -2.16. The van der Waals surface area contributed by atoms with Crippen molar-refractivity contribution in [2.24, 2.45) is 5.92 Å². The third-order valence-electron chi connectivity index (χ3n) is 3.31. The molecule has 0 bridgehead atoms. The average Bonchev–Trinajstić information content (AvgIpc) is 2.83. The molecule has 4 heteroatoms. The monoisotopic (exact) mass is 253 g/mol. The van der Waals surface area contributed by atoms with E-state index in [0.29, 0.717) is 0 Å². The Morgan fingerprint density at radius 3 is 2.78 bits per heavy atom. The molecular formula is C14H27N3O. The van der Waals surface area contributed by atoms with Gasteiger partial charge >= 0.3 is 0 Å². The molecule has 0 amide bonds. The van der Waals surface area contributed by atoms with Gasteiger partial charge in [-0.15, -0.1) is 0 Å². The smallest absolute Gasteiger partial charge is 0.202 e. The highest BCUT2D eigenvalue weighted by Crippen LogP contribution is 2.11. The number of ether oxygens (including phenoxy) is 1. The summed E-state index contributed by atoms with van der Waals surface area (Å²) >= 11 is 0. The van der Waals surface area contributed by atoms with E-state index in [2.05, 4.69) is 28.7 Å². The molecule has 0 unspecified atom stereocenters. The summed E-state index contributed by atoms with van der Waals surface area (Å²) in [6.45, 7) is 10.1. The van der Waals surface area contributed by atoms with Gasteiger partial charge in [-0.05, 0) is 19.3 Å². The molecule has 1 heterocycles. The van der Waals surface area contributed by atoms with Crippen LogP contribution in [0, 0.1) is 5.92 Å². The van der Waals surface area contributed by atoms with Crippen LogP contribution >= 0.6 is 0 Å². The van der Waals surface area contributed by atoms with Crippen molar-refractivity contribution in [1.82, 2.24) is 9.55 Å². The van der Waals surface area contributed by atoms with Crippen LogP contribution in [-0.4, -0.2) is 29.3 Å². The molecule has 0 aliphatic heterocycles. The van der Waals surface area contributed by atoms with E-state index in [1.165, 1.54) is 12.8 Å². The zero-order valence-electron chi connectivity index (χ0n) is 12.0. The van der Waals surface area contributed by atoms with E-state index in [1.807, 2.05) is 19.3 Å². The summed E-state index contributed by atoms with van der Waals surface area (Å²) in [4.78, 5) is 4.37. The van der Waals surface area contributed by atoms with Crippen molar-refractivity contribution in [2.75, 3.05) is 25.1 Å². The van der Waals surface area contributed by atoms with E-state index < -0.39 is 0 Å². The molecule has 0 spiro atoms. The number of aromatic nitrogens is 2. The zero-order chi connectivity index (χ0) is 13.2.